The fourth-order valence-electron chi connectivity index (χ4n) is 2.00. The standard InChI is InChI=1S/C19H19ClFNO5/c1-19(2,27-16-7-6-14(20)11-15(16)21)18(24)26-10-4-9-25-17(23)13-5-3-8-22-12-13/h3,5-8,11-12H,4,9-10H2,1-2H3. The van der Waals surface area contributed by atoms with Gasteiger partial charge in [0.2, 0.25) is 0 Å². The largest absolute Gasteiger partial charge is 0.473 e. The van der Waals surface area contributed by atoms with Crippen LogP contribution in [0.15, 0.2) is 42.7 Å². The van der Waals surface area contributed by atoms with Crippen molar-refractivity contribution in [1.29, 1.82) is 0 Å². The van der Waals surface area contributed by atoms with Crippen LogP contribution in [0.1, 0.15) is 30.6 Å². The molecule has 1 heterocycles. The van der Waals surface area contributed by atoms with Crippen LogP contribution >= 0.6 is 11.6 Å². The van der Waals surface area contributed by atoms with Gasteiger partial charge in [-0.1, -0.05) is 11.6 Å². The Balaban J connectivity index is 1.75. The first-order chi connectivity index (χ1) is 12.8. The molecule has 0 bridgehead atoms. The molecule has 144 valence electrons. The van der Waals surface area contributed by atoms with Crippen molar-refractivity contribution in [1.82, 2.24) is 4.98 Å². The first-order valence-corrected chi connectivity index (χ1v) is 8.56. The number of carbonyl (C=O) groups excluding carboxylic acids is 2. The number of esters is 2. The summed E-state index contributed by atoms with van der Waals surface area (Å²) >= 11 is 5.68. The number of pyridine rings is 1. The van der Waals surface area contributed by atoms with Crippen LogP contribution in [0.25, 0.3) is 0 Å². The van der Waals surface area contributed by atoms with Gasteiger partial charge in [0.1, 0.15) is 0 Å². The van der Waals surface area contributed by atoms with Crippen LogP contribution in [0.3, 0.4) is 0 Å². The number of carbonyl (C=O) groups is 2. The van der Waals surface area contributed by atoms with Crippen molar-refractivity contribution in [3.05, 3.63) is 59.1 Å². The van der Waals surface area contributed by atoms with E-state index in [0.29, 0.717) is 12.0 Å². The lowest BCUT2D eigenvalue weighted by Crippen LogP contribution is -2.40. The quantitative estimate of drug-likeness (QED) is 0.499. The van der Waals surface area contributed by atoms with Crippen molar-refractivity contribution in [3.63, 3.8) is 0 Å². The Hall–Kier alpha value is -2.67. The van der Waals surface area contributed by atoms with Gasteiger partial charge in [0, 0.05) is 23.8 Å². The Morgan fingerprint density at radius 1 is 1.19 bits per heavy atom. The molecule has 0 unspecified atom stereocenters. The molecule has 27 heavy (non-hydrogen) atoms. The summed E-state index contributed by atoms with van der Waals surface area (Å²) in [5.41, 5.74) is -1.06. The highest BCUT2D eigenvalue weighted by Gasteiger charge is 2.32. The number of halogens is 2. The molecular formula is C19H19ClFNO5. The average Bonchev–Trinajstić information content (AvgIpc) is 2.64. The Morgan fingerprint density at radius 2 is 1.93 bits per heavy atom. The van der Waals surface area contributed by atoms with Gasteiger partial charge in [0.05, 0.1) is 18.8 Å². The maximum Gasteiger partial charge on any atom is 0.349 e. The maximum absolute atomic E-state index is 13.8. The number of rotatable bonds is 8. The fourth-order valence-corrected chi connectivity index (χ4v) is 2.16. The molecule has 6 nitrogen and oxygen atoms in total. The lowest BCUT2D eigenvalue weighted by Gasteiger charge is -2.24. The first-order valence-electron chi connectivity index (χ1n) is 8.18. The van der Waals surface area contributed by atoms with Gasteiger partial charge in [-0.15, -0.1) is 0 Å². The molecule has 8 heteroatoms. The zero-order valence-electron chi connectivity index (χ0n) is 14.9. The molecule has 2 rings (SSSR count). The van der Waals surface area contributed by atoms with Gasteiger partial charge in [-0.2, -0.15) is 0 Å². The molecule has 0 saturated heterocycles. The molecule has 0 atom stereocenters. The van der Waals surface area contributed by atoms with E-state index < -0.39 is 23.4 Å². The minimum absolute atomic E-state index is 0.0229. The molecule has 0 saturated carbocycles. The van der Waals surface area contributed by atoms with Crippen LogP contribution in [0.4, 0.5) is 4.39 Å². The molecule has 0 aliphatic heterocycles. The van der Waals surface area contributed by atoms with Crippen LogP contribution in [-0.4, -0.2) is 35.7 Å². The highest BCUT2D eigenvalue weighted by atomic mass is 35.5. The highest BCUT2D eigenvalue weighted by Crippen LogP contribution is 2.25. The van der Waals surface area contributed by atoms with Crippen molar-refractivity contribution in [2.45, 2.75) is 25.9 Å². The summed E-state index contributed by atoms with van der Waals surface area (Å²) in [4.78, 5) is 27.7. The normalized spacial score (nSPS) is 11.0. The number of nitrogens with zero attached hydrogens (tertiary/aromatic N) is 1. The predicted molar refractivity (Wildman–Crippen MR) is 96.2 cm³/mol. The van der Waals surface area contributed by atoms with E-state index in [9.17, 15) is 14.0 Å². The van der Waals surface area contributed by atoms with Crippen molar-refractivity contribution in [3.8, 4) is 5.75 Å². The summed E-state index contributed by atoms with van der Waals surface area (Å²) in [6.07, 6.45) is 3.26. The Labute approximate surface area is 161 Å². The third kappa shape index (κ3) is 6.21. The summed E-state index contributed by atoms with van der Waals surface area (Å²) in [5, 5.41) is 0.223. The molecule has 1 aromatic heterocycles. The predicted octanol–water partition coefficient (Wildman–Crippen LogP) is 3.82. The maximum atomic E-state index is 13.8. The fraction of sp³-hybridized carbons (Fsp3) is 0.316. The summed E-state index contributed by atoms with van der Waals surface area (Å²) < 4.78 is 29.4. The second-order valence-corrected chi connectivity index (χ2v) is 6.49. The zero-order valence-corrected chi connectivity index (χ0v) is 15.7. The van der Waals surface area contributed by atoms with Crippen molar-refractivity contribution < 1.29 is 28.2 Å². The molecule has 1 aromatic carbocycles. The van der Waals surface area contributed by atoms with E-state index >= 15 is 0 Å². The van der Waals surface area contributed by atoms with Crippen molar-refractivity contribution >= 4 is 23.5 Å². The number of benzene rings is 1. The minimum atomic E-state index is -1.40. The van der Waals surface area contributed by atoms with E-state index in [2.05, 4.69) is 4.98 Å². The van der Waals surface area contributed by atoms with E-state index in [4.69, 9.17) is 25.8 Å². The van der Waals surface area contributed by atoms with Crippen LogP contribution in [0, 0.1) is 5.82 Å². The van der Waals surface area contributed by atoms with Crippen LogP contribution < -0.4 is 4.74 Å². The van der Waals surface area contributed by atoms with Gasteiger partial charge in [0.15, 0.2) is 17.2 Å². The molecular weight excluding hydrogens is 377 g/mol. The van der Waals surface area contributed by atoms with E-state index in [-0.39, 0.29) is 24.0 Å². The van der Waals surface area contributed by atoms with Gasteiger partial charge < -0.3 is 14.2 Å². The Kier molecular flexibility index (Phi) is 7.12. The van der Waals surface area contributed by atoms with Gasteiger partial charge in [-0.25, -0.2) is 14.0 Å². The number of aromatic nitrogens is 1. The van der Waals surface area contributed by atoms with Crippen molar-refractivity contribution in [2.75, 3.05) is 13.2 Å². The second kappa shape index (κ2) is 9.32. The molecule has 0 radical (unpaired) electrons. The molecule has 0 fully saturated rings. The van der Waals surface area contributed by atoms with Gasteiger partial charge in [-0.05, 0) is 44.2 Å². The number of hydrogen-bond donors (Lipinski definition) is 0. The average molecular weight is 396 g/mol. The third-order valence-electron chi connectivity index (χ3n) is 3.40. The smallest absolute Gasteiger partial charge is 0.349 e. The van der Waals surface area contributed by atoms with Crippen LogP contribution in [-0.2, 0) is 14.3 Å². The third-order valence-corrected chi connectivity index (χ3v) is 3.64. The highest BCUT2D eigenvalue weighted by molar-refractivity contribution is 6.30. The molecule has 2 aromatic rings. The van der Waals surface area contributed by atoms with E-state index in [1.165, 1.54) is 32.2 Å². The van der Waals surface area contributed by atoms with Crippen LogP contribution in [0.5, 0.6) is 5.75 Å². The van der Waals surface area contributed by atoms with E-state index in [1.807, 2.05) is 0 Å². The zero-order chi connectivity index (χ0) is 19.9. The summed E-state index contributed by atoms with van der Waals surface area (Å²) in [6, 6.07) is 7.10. The molecule has 0 aliphatic carbocycles. The Morgan fingerprint density at radius 3 is 2.59 bits per heavy atom. The summed E-state index contributed by atoms with van der Waals surface area (Å²) in [5.74, 6) is -1.95. The van der Waals surface area contributed by atoms with Crippen molar-refractivity contribution in [2.24, 2.45) is 0 Å². The van der Waals surface area contributed by atoms with E-state index in [0.717, 1.165) is 6.07 Å². The number of hydrogen-bond acceptors (Lipinski definition) is 6. The Bertz CT molecular complexity index is 798. The topological polar surface area (TPSA) is 74.7 Å². The van der Waals surface area contributed by atoms with Gasteiger partial charge in [-0.3, -0.25) is 4.98 Å². The lowest BCUT2D eigenvalue weighted by atomic mass is 10.1. The monoisotopic (exact) mass is 395 g/mol. The second-order valence-electron chi connectivity index (χ2n) is 6.05. The molecule has 0 amide bonds. The first kappa shape index (κ1) is 20.6. The minimum Gasteiger partial charge on any atom is -0.473 e. The molecule has 0 aliphatic rings. The SMILES string of the molecule is CC(C)(Oc1ccc(Cl)cc1F)C(=O)OCCCOC(=O)c1cccnc1. The summed E-state index contributed by atoms with van der Waals surface area (Å²) in [7, 11) is 0. The van der Waals surface area contributed by atoms with Crippen LogP contribution in [0.2, 0.25) is 5.02 Å². The number of ether oxygens (including phenoxy) is 3. The van der Waals surface area contributed by atoms with Gasteiger partial charge in [0.25, 0.3) is 0 Å². The molecule has 0 N–H and O–H groups in total. The van der Waals surface area contributed by atoms with Gasteiger partial charge >= 0.3 is 11.9 Å². The van der Waals surface area contributed by atoms with E-state index in [1.54, 1.807) is 18.3 Å². The summed E-state index contributed by atoms with van der Waals surface area (Å²) in [6.45, 7) is 3.03. The lowest BCUT2D eigenvalue weighted by molar-refractivity contribution is -0.159. The molecule has 0 spiro atoms.